The third-order valence-corrected chi connectivity index (χ3v) is 5.71. The molecule has 2 amide bonds. The summed E-state index contributed by atoms with van der Waals surface area (Å²) >= 11 is 0. The predicted octanol–water partition coefficient (Wildman–Crippen LogP) is 5.98. The molecule has 0 aromatic carbocycles. The van der Waals surface area contributed by atoms with Gasteiger partial charge in [-0.1, -0.05) is 76.2 Å². The molecule has 0 heterocycles. The molecule has 0 aliphatic heterocycles. The molecule has 0 N–H and O–H groups in total. The summed E-state index contributed by atoms with van der Waals surface area (Å²) in [5.74, 6) is 0.0474. The topological polar surface area (TPSA) is 49.9 Å². The number of nitrogens with zero attached hydrogens (tertiary/aromatic N) is 2. The molecule has 0 saturated heterocycles. The predicted molar refractivity (Wildman–Crippen MR) is 128 cm³/mol. The van der Waals surface area contributed by atoms with E-state index in [9.17, 15) is 9.59 Å². The van der Waals surface area contributed by atoms with Crippen molar-refractivity contribution in [2.75, 3.05) is 20.2 Å². The molecule has 5 nitrogen and oxygen atoms in total. The van der Waals surface area contributed by atoms with Gasteiger partial charge in [0.05, 0.1) is 12.6 Å². The van der Waals surface area contributed by atoms with Crippen LogP contribution in [0.1, 0.15) is 91.4 Å². The molecule has 1 rings (SSSR count). The number of carbonyl (C=O) groups excluding carboxylic acids is 2. The van der Waals surface area contributed by atoms with E-state index >= 15 is 0 Å². The lowest BCUT2D eigenvalue weighted by molar-refractivity contribution is -0.205. The third kappa shape index (κ3) is 10.8. The highest BCUT2D eigenvalue weighted by molar-refractivity contribution is 5.96. The molecule has 0 unspecified atom stereocenters. The third-order valence-electron chi connectivity index (χ3n) is 5.71. The van der Waals surface area contributed by atoms with Crippen LogP contribution in [0.4, 0.5) is 0 Å². The van der Waals surface area contributed by atoms with Gasteiger partial charge in [-0.15, -0.1) is 0 Å². The summed E-state index contributed by atoms with van der Waals surface area (Å²) in [5, 5.41) is 1.65. The van der Waals surface area contributed by atoms with E-state index in [1.54, 1.807) is 17.0 Å². The maximum Gasteiger partial charge on any atom is 0.253 e. The van der Waals surface area contributed by atoms with Crippen LogP contribution in [0.5, 0.6) is 0 Å². The Morgan fingerprint density at radius 1 is 1.00 bits per heavy atom. The quantitative estimate of drug-likeness (QED) is 0.147. The van der Waals surface area contributed by atoms with Crippen LogP contribution in [0.15, 0.2) is 36.0 Å². The van der Waals surface area contributed by atoms with E-state index in [1.165, 1.54) is 25.7 Å². The zero-order valence-corrected chi connectivity index (χ0v) is 20.3. The van der Waals surface area contributed by atoms with Crippen molar-refractivity contribution in [3.05, 3.63) is 36.0 Å². The zero-order chi connectivity index (χ0) is 22.9. The van der Waals surface area contributed by atoms with Crippen molar-refractivity contribution in [3.8, 4) is 0 Å². The van der Waals surface area contributed by atoms with Gasteiger partial charge >= 0.3 is 0 Å². The SMILES string of the molecule is C\C=C/C=C(\C=C/C)C(=O)N(C)CCON(C(=O)CCCCCCC)C1CCCCC1. The van der Waals surface area contributed by atoms with Crippen molar-refractivity contribution < 1.29 is 14.4 Å². The van der Waals surface area contributed by atoms with Gasteiger partial charge in [-0.2, -0.15) is 0 Å². The summed E-state index contributed by atoms with van der Waals surface area (Å²) in [5.41, 5.74) is 0.635. The largest absolute Gasteiger partial charge is 0.339 e. The van der Waals surface area contributed by atoms with E-state index < -0.39 is 0 Å². The van der Waals surface area contributed by atoms with Gasteiger partial charge in [0.1, 0.15) is 0 Å². The van der Waals surface area contributed by atoms with Crippen LogP contribution < -0.4 is 0 Å². The second kappa shape index (κ2) is 16.8. The molecule has 31 heavy (non-hydrogen) atoms. The number of likely N-dealkylation sites (N-methyl/N-ethyl adjacent to an activating group) is 1. The highest BCUT2D eigenvalue weighted by atomic mass is 16.7. The van der Waals surface area contributed by atoms with E-state index in [-0.39, 0.29) is 17.9 Å². The summed E-state index contributed by atoms with van der Waals surface area (Å²) in [7, 11) is 1.78. The number of hydrogen-bond acceptors (Lipinski definition) is 3. The maximum atomic E-state index is 12.9. The molecule has 1 fully saturated rings. The first-order chi connectivity index (χ1) is 15.0. The molecule has 1 saturated carbocycles. The lowest BCUT2D eigenvalue weighted by Crippen LogP contribution is -2.43. The lowest BCUT2D eigenvalue weighted by atomic mass is 9.95. The number of carbonyl (C=O) groups is 2. The van der Waals surface area contributed by atoms with E-state index in [0.29, 0.717) is 25.1 Å². The summed E-state index contributed by atoms with van der Waals surface area (Å²) in [6.07, 6.45) is 21.0. The monoisotopic (exact) mass is 432 g/mol. The van der Waals surface area contributed by atoms with Gasteiger partial charge in [0.15, 0.2) is 0 Å². The highest BCUT2D eigenvalue weighted by Gasteiger charge is 2.26. The van der Waals surface area contributed by atoms with Crippen molar-refractivity contribution >= 4 is 11.8 Å². The molecule has 0 aromatic rings. The van der Waals surface area contributed by atoms with Crippen LogP contribution in [0.3, 0.4) is 0 Å². The Morgan fingerprint density at radius 2 is 1.71 bits per heavy atom. The molecule has 0 atom stereocenters. The fourth-order valence-electron chi connectivity index (χ4n) is 3.86. The van der Waals surface area contributed by atoms with Crippen LogP contribution in [-0.4, -0.2) is 48.0 Å². The molecule has 0 radical (unpaired) electrons. The summed E-state index contributed by atoms with van der Waals surface area (Å²) in [6, 6.07) is 0.172. The van der Waals surface area contributed by atoms with Crippen molar-refractivity contribution in [3.63, 3.8) is 0 Å². The highest BCUT2D eigenvalue weighted by Crippen LogP contribution is 2.24. The average Bonchev–Trinajstić information content (AvgIpc) is 2.79. The Hall–Kier alpha value is -1.88. The average molecular weight is 433 g/mol. The summed E-state index contributed by atoms with van der Waals surface area (Å²) in [6.45, 7) is 6.79. The van der Waals surface area contributed by atoms with Gasteiger partial charge in [-0.05, 0) is 39.2 Å². The normalized spacial score (nSPS) is 15.7. The molecule has 0 bridgehead atoms. The first-order valence-electron chi connectivity index (χ1n) is 12.2. The number of rotatable bonds is 14. The van der Waals surface area contributed by atoms with Crippen molar-refractivity contribution in [1.82, 2.24) is 9.96 Å². The van der Waals surface area contributed by atoms with Crippen LogP contribution in [0.25, 0.3) is 0 Å². The van der Waals surface area contributed by atoms with Crippen LogP contribution >= 0.6 is 0 Å². The Balaban J connectivity index is 2.62. The van der Waals surface area contributed by atoms with Crippen LogP contribution in [0, 0.1) is 0 Å². The number of allylic oxidation sites excluding steroid dienone is 4. The molecular formula is C26H44N2O3. The smallest absolute Gasteiger partial charge is 0.253 e. The molecule has 176 valence electrons. The van der Waals surface area contributed by atoms with E-state index in [0.717, 1.165) is 38.5 Å². The number of hydrogen-bond donors (Lipinski definition) is 0. The van der Waals surface area contributed by atoms with Gasteiger partial charge in [0.2, 0.25) is 5.91 Å². The van der Waals surface area contributed by atoms with E-state index in [4.69, 9.17) is 4.84 Å². The fourth-order valence-corrected chi connectivity index (χ4v) is 3.86. The molecule has 1 aliphatic rings. The molecule has 5 heteroatoms. The zero-order valence-electron chi connectivity index (χ0n) is 20.3. The van der Waals surface area contributed by atoms with Gasteiger partial charge < -0.3 is 4.90 Å². The van der Waals surface area contributed by atoms with Crippen LogP contribution in [0.2, 0.25) is 0 Å². The number of hydroxylamine groups is 2. The number of unbranched alkanes of at least 4 members (excludes halogenated alkanes) is 4. The minimum Gasteiger partial charge on any atom is -0.339 e. The Morgan fingerprint density at radius 3 is 2.35 bits per heavy atom. The summed E-state index contributed by atoms with van der Waals surface area (Å²) in [4.78, 5) is 33.3. The second-order valence-electron chi connectivity index (χ2n) is 8.38. The number of amides is 2. The van der Waals surface area contributed by atoms with Gasteiger partial charge in [0, 0.05) is 25.6 Å². The Labute approximate surface area is 190 Å². The first kappa shape index (κ1) is 27.2. The first-order valence-corrected chi connectivity index (χ1v) is 12.2. The lowest BCUT2D eigenvalue weighted by Gasteiger charge is -2.33. The molecule has 0 aromatic heterocycles. The van der Waals surface area contributed by atoms with Crippen molar-refractivity contribution in [1.29, 1.82) is 0 Å². The van der Waals surface area contributed by atoms with Crippen molar-refractivity contribution in [2.24, 2.45) is 0 Å². The minimum atomic E-state index is -0.0498. The minimum absolute atomic E-state index is 0.0498. The fraction of sp³-hybridized carbons (Fsp3) is 0.692. The van der Waals surface area contributed by atoms with Gasteiger partial charge in [0.25, 0.3) is 5.91 Å². The van der Waals surface area contributed by atoms with Crippen molar-refractivity contribution in [2.45, 2.75) is 97.4 Å². The Bertz CT molecular complexity index is 604. The molecule has 0 spiro atoms. The standard InChI is InChI=1S/C26H44N2O3/c1-5-8-10-11-15-20-25(29)28(24-18-13-12-14-19-24)31-22-21-27(4)26(30)23(16-7-3)17-9-6-2/h6-7,9,16-17,24H,5,8,10-15,18-22H2,1-4H3/b9-6-,16-7-,23-17+. The van der Waals surface area contributed by atoms with E-state index in [1.807, 2.05) is 44.2 Å². The van der Waals surface area contributed by atoms with Crippen LogP contribution in [-0.2, 0) is 14.4 Å². The summed E-state index contributed by atoms with van der Waals surface area (Å²) < 4.78 is 0. The molecule has 1 aliphatic carbocycles. The Kier molecular flexibility index (Phi) is 14.7. The molecular weight excluding hydrogens is 388 g/mol. The van der Waals surface area contributed by atoms with Gasteiger partial charge in [-0.25, -0.2) is 5.06 Å². The second-order valence-corrected chi connectivity index (χ2v) is 8.38. The van der Waals surface area contributed by atoms with E-state index in [2.05, 4.69) is 6.92 Å². The van der Waals surface area contributed by atoms with Gasteiger partial charge in [-0.3, -0.25) is 14.4 Å². The maximum absolute atomic E-state index is 12.9.